The highest BCUT2D eigenvalue weighted by Crippen LogP contribution is 2.46. The zero-order chi connectivity index (χ0) is 28.7. The third-order valence-corrected chi connectivity index (χ3v) is 10.8. The predicted molar refractivity (Wildman–Crippen MR) is 167 cm³/mol. The smallest absolute Gasteiger partial charge is 0.195 e. The first kappa shape index (κ1) is 25.9. The number of aromatic hydroxyl groups is 1. The number of nitrogens with one attached hydrogen (secondary N) is 3. The number of fused-ring (bicyclic) bond motifs is 8. The predicted octanol–water partition coefficient (Wildman–Crippen LogP) is 5.12. The summed E-state index contributed by atoms with van der Waals surface area (Å²) in [6.07, 6.45) is 12.4. The van der Waals surface area contributed by atoms with Gasteiger partial charge in [0.15, 0.2) is 11.8 Å². The van der Waals surface area contributed by atoms with E-state index in [4.69, 9.17) is 0 Å². The van der Waals surface area contributed by atoms with Gasteiger partial charge in [-0.1, -0.05) is 30.9 Å². The Morgan fingerprint density at radius 3 is 2.74 bits per heavy atom. The highest BCUT2D eigenvalue weighted by Gasteiger charge is 2.45. The van der Waals surface area contributed by atoms with E-state index in [2.05, 4.69) is 83.5 Å². The van der Waals surface area contributed by atoms with Gasteiger partial charge >= 0.3 is 0 Å². The molecule has 0 amide bonds. The average Bonchev–Trinajstić information content (AvgIpc) is 3.70. The van der Waals surface area contributed by atoms with Crippen LogP contribution in [0.2, 0.25) is 0 Å². The second-order valence-electron chi connectivity index (χ2n) is 12.9. The van der Waals surface area contributed by atoms with Crippen LogP contribution in [-0.4, -0.2) is 64.3 Å². The SMILES string of the molecule is C=CC1=C[NH+]2C=Cc3c([nH]c4c(C5CCCN5C)c(O)ccc34)C2C(O)=C1CC1C2Nc3ccccc3C2CCN1C. The van der Waals surface area contributed by atoms with E-state index in [1.54, 1.807) is 0 Å². The lowest BCUT2D eigenvalue weighted by Gasteiger charge is -2.42. The standard InChI is InChI=1S/C35H39N5O2/c1-4-20-19-40-17-14-24-22-11-12-29(41)30(27-10-7-15-38(27)2)32(22)37-33(24)34(40)35(42)25(20)18-28-31-23(13-16-39(28)3)21-8-5-6-9-26(21)36-31/h4-6,8-9,11-12,14,17,19,23,27-28,31,34,36-37,41-42H,1,7,10,13,15-16,18H2,2-3H3/p+1. The van der Waals surface area contributed by atoms with Gasteiger partial charge < -0.3 is 25.4 Å². The molecule has 7 heteroatoms. The molecule has 7 nitrogen and oxygen atoms in total. The van der Waals surface area contributed by atoms with Crippen LogP contribution in [0.1, 0.15) is 66.1 Å². The molecule has 6 atom stereocenters. The van der Waals surface area contributed by atoms with Crippen LogP contribution in [0.25, 0.3) is 17.0 Å². The van der Waals surface area contributed by atoms with Crippen molar-refractivity contribution >= 4 is 22.7 Å². The maximum Gasteiger partial charge on any atom is 0.195 e. The van der Waals surface area contributed by atoms with Gasteiger partial charge in [-0.15, -0.1) is 0 Å². The molecule has 5 aliphatic heterocycles. The van der Waals surface area contributed by atoms with Crippen LogP contribution in [0.4, 0.5) is 5.69 Å². The van der Waals surface area contributed by atoms with Gasteiger partial charge in [-0.05, 0) is 76.6 Å². The lowest BCUT2D eigenvalue weighted by molar-refractivity contribution is -0.824. The molecule has 5 N–H and O–H groups in total. The number of piperidine rings is 1. The van der Waals surface area contributed by atoms with Gasteiger partial charge in [0.1, 0.15) is 18.1 Å². The van der Waals surface area contributed by atoms with Gasteiger partial charge in [0.2, 0.25) is 0 Å². The van der Waals surface area contributed by atoms with Crippen LogP contribution >= 0.6 is 0 Å². The summed E-state index contributed by atoms with van der Waals surface area (Å²) in [5.41, 5.74) is 8.71. The van der Waals surface area contributed by atoms with Gasteiger partial charge in [-0.2, -0.15) is 0 Å². The van der Waals surface area contributed by atoms with Crippen LogP contribution in [0.15, 0.2) is 78.4 Å². The minimum absolute atomic E-state index is 0.178. The first-order valence-corrected chi connectivity index (χ1v) is 15.4. The van der Waals surface area contributed by atoms with Gasteiger partial charge in [0.25, 0.3) is 0 Å². The number of benzene rings is 2. The Bertz CT molecular complexity index is 1700. The summed E-state index contributed by atoms with van der Waals surface area (Å²) in [6, 6.07) is 13.0. The largest absolute Gasteiger partial charge is 0.508 e. The number of anilines is 1. The van der Waals surface area contributed by atoms with Crippen molar-refractivity contribution in [2.75, 3.05) is 32.5 Å². The molecule has 42 heavy (non-hydrogen) atoms. The first-order valence-electron chi connectivity index (χ1n) is 15.4. The fourth-order valence-corrected chi connectivity index (χ4v) is 8.60. The number of H-pyrrole nitrogens is 1. The van der Waals surface area contributed by atoms with Crippen molar-refractivity contribution in [1.82, 2.24) is 14.8 Å². The van der Waals surface area contributed by atoms with Crippen LogP contribution in [0, 0.1) is 0 Å². The van der Waals surface area contributed by atoms with E-state index in [9.17, 15) is 10.2 Å². The van der Waals surface area contributed by atoms with Crippen LogP contribution in [0.3, 0.4) is 0 Å². The number of likely N-dealkylation sites (N-methyl/N-ethyl adjacent to an activating group) is 1. The molecule has 1 aromatic heterocycles. The molecule has 3 aromatic rings. The molecular formula is C35H40N5O2+. The molecule has 6 heterocycles. The number of phenolic OH excluding ortho intramolecular Hbond substituents is 1. The number of hydrogen-bond acceptors (Lipinski definition) is 5. The van der Waals surface area contributed by atoms with Crippen LogP contribution in [-0.2, 0) is 0 Å². The number of nitrogens with zero attached hydrogens (tertiary/aromatic N) is 2. The number of aromatic nitrogens is 1. The molecule has 0 spiro atoms. The Labute approximate surface area is 247 Å². The van der Waals surface area contributed by atoms with E-state index < -0.39 is 0 Å². The lowest BCUT2D eigenvalue weighted by Crippen LogP contribution is -3.04. The first-order chi connectivity index (χ1) is 20.4. The average molecular weight is 563 g/mol. The van der Waals surface area contributed by atoms with E-state index in [0.29, 0.717) is 23.5 Å². The summed E-state index contributed by atoms with van der Waals surface area (Å²) in [4.78, 5) is 9.60. The van der Waals surface area contributed by atoms with Crippen LogP contribution in [0.5, 0.6) is 5.75 Å². The number of rotatable bonds is 4. The summed E-state index contributed by atoms with van der Waals surface area (Å²) in [6.45, 7) is 6.21. The Balaban J connectivity index is 1.20. The molecule has 5 aliphatic rings. The van der Waals surface area contributed by atoms with Crippen molar-refractivity contribution in [1.29, 1.82) is 0 Å². The number of quaternary nitrogens is 1. The number of allylic oxidation sites excluding steroid dienone is 2. The quantitative estimate of drug-likeness (QED) is 0.305. The lowest BCUT2D eigenvalue weighted by atomic mass is 9.79. The zero-order valence-electron chi connectivity index (χ0n) is 24.4. The number of hydrogen-bond donors (Lipinski definition) is 5. The summed E-state index contributed by atoms with van der Waals surface area (Å²) in [5.74, 6) is 1.23. The Hall–Kier alpha value is -3.78. The summed E-state index contributed by atoms with van der Waals surface area (Å²) >= 11 is 0. The van der Waals surface area contributed by atoms with Gasteiger partial charge in [0, 0.05) is 63.5 Å². The van der Waals surface area contributed by atoms with E-state index in [1.165, 1.54) is 11.3 Å². The molecular weight excluding hydrogens is 522 g/mol. The minimum Gasteiger partial charge on any atom is -0.508 e. The number of aromatic amines is 1. The Morgan fingerprint density at radius 2 is 1.93 bits per heavy atom. The minimum atomic E-state index is -0.272. The second kappa shape index (κ2) is 9.63. The number of aliphatic hydroxyl groups excluding tert-OH is 1. The molecule has 0 radical (unpaired) electrons. The van der Waals surface area contributed by atoms with E-state index in [-0.39, 0.29) is 18.1 Å². The summed E-state index contributed by atoms with van der Waals surface area (Å²) in [5, 5.41) is 28.1. The molecule has 2 aromatic carbocycles. The topological polar surface area (TPSA) is 79.2 Å². The summed E-state index contributed by atoms with van der Waals surface area (Å²) in [7, 11) is 4.35. The second-order valence-corrected chi connectivity index (χ2v) is 12.9. The Morgan fingerprint density at radius 1 is 1.07 bits per heavy atom. The van der Waals surface area contributed by atoms with E-state index in [1.807, 2.05) is 18.2 Å². The fraction of sp³-hybridized carbons (Fsp3) is 0.371. The number of aliphatic hydroxyl groups is 1. The molecule has 0 bridgehead atoms. The van der Waals surface area contributed by atoms with Crippen molar-refractivity contribution in [2.24, 2.45) is 0 Å². The van der Waals surface area contributed by atoms with Crippen molar-refractivity contribution in [2.45, 2.75) is 55.8 Å². The zero-order valence-corrected chi connectivity index (χ0v) is 24.4. The van der Waals surface area contributed by atoms with Crippen molar-refractivity contribution < 1.29 is 15.1 Å². The number of likely N-dealkylation sites (tertiary alicyclic amines) is 2. The third-order valence-electron chi connectivity index (χ3n) is 10.8. The van der Waals surface area contributed by atoms with Gasteiger partial charge in [-0.3, -0.25) is 9.80 Å². The Kier molecular flexibility index (Phi) is 5.93. The van der Waals surface area contributed by atoms with Crippen molar-refractivity contribution in [3.05, 3.63) is 101 Å². The maximum absolute atomic E-state index is 12.2. The molecule has 0 aliphatic carbocycles. The van der Waals surface area contributed by atoms with E-state index in [0.717, 1.165) is 82.5 Å². The highest BCUT2D eigenvalue weighted by atomic mass is 16.3. The molecule has 0 saturated carbocycles. The van der Waals surface area contributed by atoms with Crippen molar-refractivity contribution in [3.63, 3.8) is 0 Å². The summed E-state index contributed by atoms with van der Waals surface area (Å²) < 4.78 is 0. The van der Waals surface area contributed by atoms with Crippen LogP contribution < -0.4 is 10.2 Å². The molecule has 8 rings (SSSR count). The van der Waals surface area contributed by atoms with E-state index >= 15 is 0 Å². The van der Waals surface area contributed by atoms with Gasteiger partial charge in [-0.25, -0.2) is 0 Å². The maximum atomic E-state index is 12.2. The number of para-hydroxylation sites is 1. The molecule has 2 saturated heterocycles. The normalized spacial score (nSPS) is 30.5. The molecule has 2 fully saturated rings. The molecule has 216 valence electrons. The highest BCUT2D eigenvalue weighted by molar-refractivity contribution is 5.94. The fourth-order valence-electron chi connectivity index (χ4n) is 8.60. The monoisotopic (exact) mass is 562 g/mol. The molecule has 6 unspecified atom stereocenters. The van der Waals surface area contributed by atoms with Crippen molar-refractivity contribution in [3.8, 4) is 5.75 Å². The van der Waals surface area contributed by atoms with Gasteiger partial charge in [0.05, 0.1) is 11.2 Å². The third kappa shape index (κ3) is 3.70. The number of phenols is 1.